The van der Waals surface area contributed by atoms with Crippen LogP contribution in [0.3, 0.4) is 0 Å². The highest BCUT2D eigenvalue weighted by Gasteiger charge is 2.07. The van der Waals surface area contributed by atoms with Crippen LogP contribution in [-0.4, -0.2) is 16.8 Å². The van der Waals surface area contributed by atoms with Crippen LogP contribution in [0, 0.1) is 13.8 Å². The van der Waals surface area contributed by atoms with E-state index in [4.69, 9.17) is 10.3 Å². The van der Waals surface area contributed by atoms with Crippen LogP contribution in [0.4, 0.5) is 11.6 Å². The van der Waals surface area contributed by atoms with Crippen molar-refractivity contribution < 1.29 is 9.32 Å². The van der Waals surface area contributed by atoms with Crippen LogP contribution in [0.5, 0.6) is 0 Å². The number of benzene rings is 1. The van der Waals surface area contributed by atoms with Crippen LogP contribution >= 0.6 is 11.8 Å². The summed E-state index contributed by atoms with van der Waals surface area (Å²) in [5.41, 5.74) is 8.24. The molecule has 1 amide bonds. The van der Waals surface area contributed by atoms with E-state index in [-0.39, 0.29) is 5.91 Å². The Morgan fingerprint density at radius 2 is 2.21 bits per heavy atom. The molecular formula is C13H15N3O2S. The summed E-state index contributed by atoms with van der Waals surface area (Å²) in [4.78, 5) is 12.7. The number of nitrogens with zero attached hydrogens (tertiary/aromatic N) is 1. The second-order valence-electron chi connectivity index (χ2n) is 4.19. The molecule has 0 atom stereocenters. The molecule has 2 aromatic rings. The van der Waals surface area contributed by atoms with Gasteiger partial charge in [0.1, 0.15) is 0 Å². The molecule has 0 unspecified atom stereocenters. The molecule has 5 nitrogen and oxygen atoms in total. The molecule has 0 saturated carbocycles. The second kappa shape index (κ2) is 5.79. The Morgan fingerprint density at radius 1 is 1.42 bits per heavy atom. The minimum absolute atomic E-state index is 0.129. The third kappa shape index (κ3) is 3.75. The average Bonchev–Trinajstić information content (AvgIpc) is 2.76. The molecule has 2 rings (SSSR count). The zero-order chi connectivity index (χ0) is 13.8. The number of aryl methyl sites for hydroxylation is 2. The van der Waals surface area contributed by atoms with E-state index in [2.05, 4.69) is 10.5 Å². The molecule has 1 aromatic heterocycles. The highest BCUT2D eigenvalue weighted by atomic mass is 32.2. The molecular weight excluding hydrogens is 262 g/mol. The fraction of sp³-hybridized carbons (Fsp3) is 0.231. The lowest BCUT2D eigenvalue weighted by atomic mass is 10.2. The minimum atomic E-state index is -0.129. The van der Waals surface area contributed by atoms with Crippen molar-refractivity contribution in [2.75, 3.05) is 16.8 Å². The van der Waals surface area contributed by atoms with Gasteiger partial charge < -0.3 is 10.3 Å². The third-order valence-electron chi connectivity index (χ3n) is 2.50. The second-order valence-corrected chi connectivity index (χ2v) is 5.24. The van der Waals surface area contributed by atoms with Crippen molar-refractivity contribution >= 4 is 29.2 Å². The lowest BCUT2D eigenvalue weighted by Gasteiger charge is -2.04. The zero-order valence-electron chi connectivity index (χ0n) is 10.8. The summed E-state index contributed by atoms with van der Waals surface area (Å²) in [6, 6.07) is 7.38. The lowest BCUT2D eigenvalue weighted by molar-refractivity contribution is -0.113. The number of anilines is 2. The molecule has 19 heavy (non-hydrogen) atoms. The molecule has 0 aliphatic carbocycles. The quantitative estimate of drug-likeness (QED) is 0.663. The Kier molecular flexibility index (Phi) is 4.11. The molecule has 1 aromatic carbocycles. The molecule has 6 heteroatoms. The first-order chi connectivity index (χ1) is 9.04. The summed E-state index contributed by atoms with van der Waals surface area (Å²) in [5, 5.41) is 6.34. The summed E-state index contributed by atoms with van der Waals surface area (Å²) >= 11 is 1.45. The van der Waals surface area contributed by atoms with Gasteiger partial charge in [0.05, 0.1) is 11.4 Å². The summed E-state index contributed by atoms with van der Waals surface area (Å²) in [5.74, 6) is 0.551. The Bertz CT molecular complexity index is 595. The fourth-order valence-corrected chi connectivity index (χ4v) is 2.28. The van der Waals surface area contributed by atoms with Gasteiger partial charge in [0.25, 0.3) is 0 Å². The minimum Gasteiger partial charge on any atom is -0.399 e. The van der Waals surface area contributed by atoms with E-state index in [1.165, 1.54) is 11.8 Å². The number of nitrogen functional groups attached to an aromatic ring is 1. The Labute approximate surface area is 115 Å². The standard InChI is InChI=1S/C13H15N3O2S/c1-8-5-10(3-4-11(8)14)19-7-12(17)15-13-6-9(2)16-18-13/h3-6H,7,14H2,1-2H3,(H,15,17). The molecule has 0 spiro atoms. The van der Waals surface area contributed by atoms with Crippen LogP contribution in [0.25, 0.3) is 0 Å². The van der Waals surface area contributed by atoms with Crippen LogP contribution in [0.15, 0.2) is 33.7 Å². The van der Waals surface area contributed by atoms with Gasteiger partial charge in [0.15, 0.2) is 0 Å². The van der Waals surface area contributed by atoms with Crippen molar-refractivity contribution in [2.45, 2.75) is 18.7 Å². The molecule has 0 saturated heterocycles. The van der Waals surface area contributed by atoms with Gasteiger partial charge in [-0.15, -0.1) is 11.8 Å². The summed E-state index contributed by atoms with van der Waals surface area (Å²) in [6.45, 7) is 3.74. The molecule has 0 fully saturated rings. The maximum Gasteiger partial charge on any atom is 0.237 e. The van der Waals surface area contributed by atoms with Crippen molar-refractivity contribution in [1.82, 2.24) is 5.16 Å². The average molecular weight is 277 g/mol. The normalized spacial score (nSPS) is 10.4. The van der Waals surface area contributed by atoms with Gasteiger partial charge in [0.2, 0.25) is 11.8 Å². The fourth-order valence-electron chi connectivity index (χ4n) is 1.48. The summed E-state index contributed by atoms with van der Waals surface area (Å²) in [6.07, 6.45) is 0. The molecule has 100 valence electrons. The van der Waals surface area contributed by atoms with Crippen molar-refractivity contribution in [3.8, 4) is 0 Å². The number of nitrogens with two attached hydrogens (primary N) is 1. The zero-order valence-corrected chi connectivity index (χ0v) is 11.6. The van der Waals surface area contributed by atoms with Gasteiger partial charge in [-0.2, -0.15) is 0 Å². The van der Waals surface area contributed by atoms with Gasteiger partial charge in [-0.05, 0) is 37.6 Å². The van der Waals surface area contributed by atoms with Gasteiger partial charge in [-0.25, -0.2) is 0 Å². The smallest absolute Gasteiger partial charge is 0.237 e. The van der Waals surface area contributed by atoms with Crippen LogP contribution < -0.4 is 11.1 Å². The predicted octanol–water partition coefficient (Wildman–Crippen LogP) is 2.60. The van der Waals surface area contributed by atoms with Crippen molar-refractivity contribution in [3.05, 3.63) is 35.5 Å². The number of thioether (sulfide) groups is 1. The lowest BCUT2D eigenvalue weighted by Crippen LogP contribution is -2.13. The first-order valence-electron chi connectivity index (χ1n) is 5.76. The monoisotopic (exact) mass is 277 g/mol. The maximum absolute atomic E-state index is 11.7. The largest absolute Gasteiger partial charge is 0.399 e. The van der Waals surface area contributed by atoms with Gasteiger partial charge in [0, 0.05) is 16.6 Å². The summed E-state index contributed by atoms with van der Waals surface area (Å²) < 4.78 is 4.91. The number of nitrogens with one attached hydrogen (secondary N) is 1. The number of carbonyl (C=O) groups excluding carboxylic acids is 1. The number of rotatable bonds is 4. The highest BCUT2D eigenvalue weighted by molar-refractivity contribution is 8.00. The number of amides is 1. The van der Waals surface area contributed by atoms with E-state index < -0.39 is 0 Å². The predicted molar refractivity (Wildman–Crippen MR) is 76.2 cm³/mol. The van der Waals surface area contributed by atoms with E-state index in [9.17, 15) is 4.79 Å². The number of carbonyl (C=O) groups is 1. The van der Waals surface area contributed by atoms with Crippen LogP contribution in [-0.2, 0) is 4.79 Å². The Balaban J connectivity index is 1.88. The molecule has 0 aliphatic heterocycles. The number of hydrogen-bond donors (Lipinski definition) is 2. The highest BCUT2D eigenvalue weighted by Crippen LogP contribution is 2.22. The van der Waals surface area contributed by atoms with Gasteiger partial charge in [-0.1, -0.05) is 5.16 Å². The topological polar surface area (TPSA) is 81.2 Å². The van der Waals surface area contributed by atoms with Crippen molar-refractivity contribution in [3.63, 3.8) is 0 Å². The Hall–Kier alpha value is -1.95. The number of hydrogen-bond acceptors (Lipinski definition) is 5. The van der Waals surface area contributed by atoms with Gasteiger partial charge in [-0.3, -0.25) is 10.1 Å². The molecule has 1 heterocycles. The maximum atomic E-state index is 11.7. The summed E-state index contributed by atoms with van der Waals surface area (Å²) in [7, 11) is 0. The molecule has 0 radical (unpaired) electrons. The van der Waals surface area contributed by atoms with E-state index in [1.807, 2.05) is 25.1 Å². The van der Waals surface area contributed by atoms with E-state index in [1.54, 1.807) is 13.0 Å². The molecule has 0 bridgehead atoms. The molecule has 0 aliphatic rings. The van der Waals surface area contributed by atoms with Gasteiger partial charge >= 0.3 is 0 Å². The first kappa shape index (κ1) is 13.5. The van der Waals surface area contributed by atoms with Crippen LogP contribution in [0.2, 0.25) is 0 Å². The van der Waals surface area contributed by atoms with Crippen molar-refractivity contribution in [1.29, 1.82) is 0 Å². The van der Waals surface area contributed by atoms with E-state index >= 15 is 0 Å². The SMILES string of the molecule is Cc1cc(NC(=O)CSc2ccc(N)c(C)c2)on1. The van der Waals surface area contributed by atoms with E-state index in [0.717, 1.165) is 21.8 Å². The Morgan fingerprint density at radius 3 is 2.84 bits per heavy atom. The molecule has 3 N–H and O–H groups in total. The number of aromatic nitrogens is 1. The van der Waals surface area contributed by atoms with Crippen molar-refractivity contribution in [2.24, 2.45) is 0 Å². The third-order valence-corrected chi connectivity index (χ3v) is 3.50. The first-order valence-corrected chi connectivity index (χ1v) is 6.75. The van der Waals surface area contributed by atoms with E-state index in [0.29, 0.717) is 11.6 Å². The van der Waals surface area contributed by atoms with Crippen LogP contribution in [0.1, 0.15) is 11.3 Å².